The molecule has 0 aromatic carbocycles. The number of aliphatic hydroxyl groups excluding tert-OH is 1. The summed E-state index contributed by atoms with van der Waals surface area (Å²) in [6.45, 7) is 16.2. The van der Waals surface area contributed by atoms with Crippen LogP contribution in [0, 0.1) is 0 Å². The molecule has 3 heteroatoms. The molecule has 0 aliphatic carbocycles. The fourth-order valence-electron chi connectivity index (χ4n) is 1.54. The first kappa shape index (κ1) is 17.9. The van der Waals surface area contributed by atoms with Crippen molar-refractivity contribution in [3.8, 4) is 0 Å². The maximum atomic E-state index is 9.23. The van der Waals surface area contributed by atoms with Crippen LogP contribution >= 0.6 is 0 Å². The van der Waals surface area contributed by atoms with Crippen molar-refractivity contribution in [1.29, 1.82) is 0 Å². The van der Waals surface area contributed by atoms with Crippen LogP contribution in [0.25, 0.3) is 0 Å². The molecular weight excluding hydrogens is 240 g/mol. The van der Waals surface area contributed by atoms with Gasteiger partial charge in [0.15, 0.2) is 8.32 Å². The topological polar surface area (TPSA) is 29.5 Å². The first-order valence-corrected chi connectivity index (χ1v) is 9.96. The van der Waals surface area contributed by atoms with Crippen molar-refractivity contribution in [2.75, 3.05) is 6.61 Å². The highest BCUT2D eigenvalue weighted by Crippen LogP contribution is 2.36. The van der Waals surface area contributed by atoms with Crippen LogP contribution in [-0.4, -0.2) is 26.1 Å². The number of unbranched alkanes of at least 4 members (excludes halogenated alkanes) is 1. The molecule has 2 nitrogen and oxygen atoms in total. The van der Waals surface area contributed by atoms with E-state index in [1.807, 2.05) is 6.08 Å². The van der Waals surface area contributed by atoms with Crippen molar-refractivity contribution in [2.24, 2.45) is 0 Å². The van der Waals surface area contributed by atoms with Crippen LogP contribution in [0.1, 0.15) is 53.9 Å². The smallest absolute Gasteiger partial charge is 0.191 e. The van der Waals surface area contributed by atoms with Crippen LogP contribution in [-0.2, 0) is 4.43 Å². The van der Waals surface area contributed by atoms with Crippen LogP contribution in [0.2, 0.25) is 18.1 Å². The van der Waals surface area contributed by atoms with Crippen molar-refractivity contribution in [3.05, 3.63) is 11.6 Å². The third-order valence-electron chi connectivity index (χ3n) is 3.76. The second-order valence-electron chi connectivity index (χ2n) is 6.82. The average molecular weight is 273 g/mol. The van der Waals surface area contributed by atoms with E-state index in [1.54, 1.807) is 6.92 Å². The molecule has 1 atom stereocenters. The van der Waals surface area contributed by atoms with E-state index in [-0.39, 0.29) is 6.10 Å². The first-order chi connectivity index (χ1) is 8.06. The van der Waals surface area contributed by atoms with Gasteiger partial charge in [-0.1, -0.05) is 32.4 Å². The predicted octanol–water partition coefficient (Wildman–Crippen LogP) is 4.51. The highest BCUT2D eigenvalue weighted by atomic mass is 28.4. The Morgan fingerprint density at radius 1 is 1.28 bits per heavy atom. The zero-order valence-corrected chi connectivity index (χ0v) is 14.3. The summed E-state index contributed by atoms with van der Waals surface area (Å²) >= 11 is 0. The van der Waals surface area contributed by atoms with E-state index in [9.17, 15) is 5.11 Å². The summed E-state index contributed by atoms with van der Waals surface area (Å²) in [6.07, 6.45) is 4.91. The maximum absolute atomic E-state index is 9.23. The second kappa shape index (κ2) is 7.46. The quantitative estimate of drug-likeness (QED) is 0.420. The number of hydrogen-bond acceptors (Lipinski definition) is 2. The van der Waals surface area contributed by atoms with Gasteiger partial charge in [-0.3, -0.25) is 0 Å². The highest BCUT2D eigenvalue weighted by Gasteiger charge is 2.36. The molecule has 0 spiro atoms. The normalized spacial score (nSPS) is 15.9. The lowest BCUT2D eigenvalue weighted by Gasteiger charge is -2.36. The average Bonchev–Trinajstić information content (AvgIpc) is 2.13. The van der Waals surface area contributed by atoms with Gasteiger partial charge in [0.2, 0.25) is 0 Å². The maximum Gasteiger partial charge on any atom is 0.191 e. The molecule has 0 aromatic heterocycles. The molecule has 0 saturated carbocycles. The predicted molar refractivity (Wildman–Crippen MR) is 82.4 cm³/mol. The Morgan fingerprint density at radius 2 is 1.83 bits per heavy atom. The van der Waals surface area contributed by atoms with Crippen molar-refractivity contribution < 1.29 is 9.53 Å². The van der Waals surface area contributed by atoms with Gasteiger partial charge in [-0.2, -0.15) is 0 Å². The van der Waals surface area contributed by atoms with Crippen LogP contribution < -0.4 is 0 Å². The molecule has 0 fully saturated rings. The molecule has 1 N–H and O–H groups in total. The van der Waals surface area contributed by atoms with Crippen molar-refractivity contribution in [2.45, 2.75) is 78.1 Å². The summed E-state index contributed by atoms with van der Waals surface area (Å²) in [5.41, 5.74) is 1.28. The minimum atomic E-state index is -1.56. The van der Waals surface area contributed by atoms with Gasteiger partial charge in [-0.05, 0) is 51.2 Å². The Morgan fingerprint density at radius 3 is 2.28 bits per heavy atom. The molecule has 0 aliphatic heterocycles. The molecular formula is C15H32O2Si. The summed E-state index contributed by atoms with van der Waals surface area (Å²) in [7, 11) is -1.56. The molecule has 0 bridgehead atoms. The molecule has 0 amide bonds. The summed E-state index contributed by atoms with van der Waals surface area (Å²) in [5.74, 6) is 0. The Hall–Kier alpha value is -0.123. The Bertz CT molecular complexity index is 262. The van der Waals surface area contributed by atoms with E-state index in [0.29, 0.717) is 5.04 Å². The lowest BCUT2D eigenvalue weighted by atomic mass is 10.1. The van der Waals surface area contributed by atoms with Crippen LogP contribution in [0.15, 0.2) is 11.6 Å². The van der Waals surface area contributed by atoms with Gasteiger partial charge in [0.25, 0.3) is 0 Å². The van der Waals surface area contributed by atoms with Crippen molar-refractivity contribution in [1.82, 2.24) is 0 Å². The van der Waals surface area contributed by atoms with Crippen LogP contribution in [0.3, 0.4) is 0 Å². The van der Waals surface area contributed by atoms with Gasteiger partial charge in [0, 0.05) is 6.61 Å². The lowest BCUT2D eigenvalue weighted by Crippen LogP contribution is -2.40. The van der Waals surface area contributed by atoms with Gasteiger partial charge in [0.05, 0.1) is 6.10 Å². The van der Waals surface area contributed by atoms with E-state index in [1.165, 1.54) is 5.57 Å². The van der Waals surface area contributed by atoms with Gasteiger partial charge >= 0.3 is 0 Å². The summed E-state index contributed by atoms with van der Waals surface area (Å²) in [5, 5.41) is 9.53. The van der Waals surface area contributed by atoms with Crippen LogP contribution in [0.4, 0.5) is 0 Å². The number of hydrogen-bond donors (Lipinski definition) is 1. The molecule has 0 aromatic rings. The third-order valence-corrected chi connectivity index (χ3v) is 8.30. The molecule has 0 saturated heterocycles. The van der Waals surface area contributed by atoms with Gasteiger partial charge < -0.3 is 9.53 Å². The monoisotopic (exact) mass is 272 g/mol. The van der Waals surface area contributed by atoms with E-state index < -0.39 is 8.32 Å². The first-order valence-electron chi connectivity index (χ1n) is 7.05. The number of allylic oxidation sites excluding steroid dienone is 1. The zero-order valence-electron chi connectivity index (χ0n) is 13.3. The largest absolute Gasteiger partial charge is 0.417 e. The Kier molecular flexibility index (Phi) is 7.41. The second-order valence-corrected chi connectivity index (χ2v) is 11.6. The van der Waals surface area contributed by atoms with Gasteiger partial charge in [-0.25, -0.2) is 0 Å². The van der Waals surface area contributed by atoms with Crippen molar-refractivity contribution >= 4 is 8.32 Å². The Labute approximate surface area is 115 Å². The van der Waals surface area contributed by atoms with E-state index in [2.05, 4.69) is 40.8 Å². The molecule has 108 valence electrons. The van der Waals surface area contributed by atoms with Gasteiger partial charge in [-0.15, -0.1) is 0 Å². The summed E-state index contributed by atoms with van der Waals surface area (Å²) in [6, 6.07) is 0. The molecule has 0 radical (unpaired) electrons. The standard InChI is InChI=1S/C15H32O2Si/c1-13(12-14(2)16)10-8-9-11-17-18(6,7)15(3,4)5/h12,14,16H,8-11H2,1-7H3/b13-12-. The minimum Gasteiger partial charge on any atom is -0.417 e. The van der Waals surface area contributed by atoms with E-state index in [0.717, 1.165) is 25.9 Å². The number of aliphatic hydroxyl groups is 1. The summed E-state index contributed by atoms with van der Waals surface area (Å²) < 4.78 is 6.13. The summed E-state index contributed by atoms with van der Waals surface area (Å²) in [4.78, 5) is 0. The van der Waals surface area contributed by atoms with Crippen molar-refractivity contribution in [3.63, 3.8) is 0 Å². The third kappa shape index (κ3) is 7.34. The minimum absolute atomic E-state index is 0.301. The molecule has 0 rings (SSSR count). The Balaban J connectivity index is 3.82. The molecule has 0 heterocycles. The van der Waals surface area contributed by atoms with E-state index >= 15 is 0 Å². The van der Waals surface area contributed by atoms with Crippen LogP contribution in [0.5, 0.6) is 0 Å². The number of rotatable bonds is 7. The fraction of sp³-hybridized carbons (Fsp3) is 0.867. The SMILES string of the molecule is C/C(=C/C(C)O)CCCCO[Si](C)(C)C(C)(C)C. The zero-order chi connectivity index (χ0) is 14.4. The lowest BCUT2D eigenvalue weighted by molar-refractivity contribution is 0.242. The molecule has 18 heavy (non-hydrogen) atoms. The van der Waals surface area contributed by atoms with E-state index in [4.69, 9.17) is 4.43 Å². The highest BCUT2D eigenvalue weighted by molar-refractivity contribution is 6.74. The fourth-order valence-corrected chi connectivity index (χ4v) is 2.63. The molecule has 0 aliphatic rings. The molecule has 1 unspecified atom stereocenters. The van der Waals surface area contributed by atoms with Gasteiger partial charge in [0.1, 0.15) is 0 Å².